The molecule has 3 heterocycles. The van der Waals surface area contributed by atoms with Crippen molar-refractivity contribution in [3.63, 3.8) is 0 Å². The minimum absolute atomic E-state index is 0.0725. The summed E-state index contributed by atoms with van der Waals surface area (Å²) in [7, 11) is 3.95. The van der Waals surface area contributed by atoms with Crippen molar-refractivity contribution in [3.8, 4) is 0 Å². The molecular weight excluding hydrogens is 354 g/mol. The highest BCUT2D eigenvalue weighted by molar-refractivity contribution is 5.95. The number of rotatable bonds is 3. The molecule has 1 spiro atoms. The average molecular weight is 388 g/mol. The zero-order valence-electron chi connectivity index (χ0n) is 17.5. The smallest absolute Gasteiger partial charge is 0.257 e. The van der Waals surface area contributed by atoms with Crippen LogP contribution in [0.3, 0.4) is 0 Å². The van der Waals surface area contributed by atoms with Crippen LogP contribution in [-0.2, 0) is 4.74 Å². The molecule has 154 valence electrons. The quantitative estimate of drug-likeness (QED) is 0.790. The number of carbonyl (C=O) groups is 1. The summed E-state index contributed by atoms with van der Waals surface area (Å²) >= 11 is 0. The van der Waals surface area contributed by atoms with E-state index >= 15 is 0 Å². The Hall–Kier alpha value is -1.73. The molecule has 4 rings (SSSR count). The molecule has 0 unspecified atom stereocenters. The summed E-state index contributed by atoms with van der Waals surface area (Å²) in [6.45, 7) is 7.42. The van der Waals surface area contributed by atoms with Gasteiger partial charge in [0.15, 0.2) is 0 Å². The molecule has 3 aliphatic rings. The largest absolute Gasteiger partial charge is 0.381 e. The summed E-state index contributed by atoms with van der Waals surface area (Å²) in [5, 5.41) is 0. The van der Waals surface area contributed by atoms with Gasteiger partial charge in [0.25, 0.3) is 5.91 Å². The molecule has 1 aliphatic carbocycles. The Balaban J connectivity index is 1.48. The van der Waals surface area contributed by atoms with E-state index in [0.29, 0.717) is 5.56 Å². The number of nitrogens with zero attached hydrogens (tertiary/aromatic N) is 5. The molecule has 1 aromatic rings. The fourth-order valence-corrected chi connectivity index (χ4v) is 5.27. The van der Waals surface area contributed by atoms with Gasteiger partial charge in [-0.05, 0) is 39.7 Å². The molecule has 1 amide bonds. The molecule has 3 fully saturated rings. The van der Waals surface area contributed by atoms with E-state index in [-0.39, 0.29) is 17.4 Å². The third kappa shape index (κ3) is 3.62. The SMILES string of the molecule is CO[C@@H]1CCC[C@]12CCCN(C(=O)c1cnc(N3CCN(C)CC3)nc1C)C2. The molecule has 0 N–H and O–H groups in total. The Morgan fingerprint density at radius 2 is 1.93 bits per heavy atom. The van der Waals surface area contributed by atoms with Crippen LogP contribution in [0.5, 0.6) is 0 Å². The molecule has 0 aromatic carbocycles. The molecule has 2 atom stereocenters. The van der Waals surface area contributed by atoms with Crippen LogP contribution in [0.2, 0.25) is 0 Å². The molecule has 0 bridgehead atoms. The molecule has 1 saturated carbocycles. The lowest BCUT2D eigenvalue weighted by Crippen LogP contribution is -2.50. The molecule has 2 aliphatic heterocycles. The lowest BCUT2D eigenvalue weighted by molar-refractivity contribution is -0.0295. The molecular formula is C21H33N5O2. The number of aromatic nitrogens is 2. The average Bonchev–Trinajstić information content (AvgIpc) is 3.09. The predicted octanol–water partition coefficient (Wildman–Crippen LogP) is 1.96. The fourth-order valence-electron chi connectivity index (χ4n) is 5.27. The number of anilines is 1. The first-order valence-corrected chi connectivity index (χ1v) is 10.6. The van der Waals surface area contributed by atoms with E-state index in [9.17, 15) is 4.79 Å². The van der Waals surface area contributed by atoms with Gasteiger partial charge in [-0.2, -0.15) is 0 Å². The molecule has 7 nitrogen and oxygen atoms in total. The van der Waals surface area contributed by atoms with E-state index < -0.39 is 0 Å². The molecule has 28 heavy (non-hydrogen) atoms. The third-order valence-electron chi connectivity index (χ3n) is 6.99. The Morgan fingerprint density at radius 3 is 2.64 bits per heavy atom. The van der Waals surface area contributed by atoms with Crippen molar-refractivity contribution in [2.45, 2.75) is 45.1 Å². The van der Waals surface area contributed by atoms with Crippen molar-refractivity contribution in [3.05, 3.63) is 17.5 Å². The number of carbonyl (C=O) groups excluding carboxylic acids is 1. The second-order valence-electron chi connectivity index (χ2n) is 8.77. The zero-order chi connectivity index (χ0) is 19.7. The number of ether oxygens (including phenoxy) is 1. The number of likely N-dealkylation sites (tertiary alicyclic amines) is 1. The summed E-state index contributed by atoms with van der Waals surface area (Å²) in [4.78, 5) is 29.0. The van der Waals surface area contributed by atoms with E-state index in [0.717, 1.165) is 76.6 Å². The summed E-state index contributed by atoms with van der Waals surface area (Å²) in [5.41, 5.74) is 1.56. The van der Waals surface area contributed by atoms with Gasteiger partial charge in [-0.1, -0.05) is 6.42 Å². The lowest BCUT2D eigenvalue weighted by atomic mass is 9.76. The van der Waals surface area contributed by atoms with E-state index in [4.69, 9.17) is 4.74 Å². The van der Waals surface area contributed by atoms with Gasteiger partial charge in [-0.3, -0.25) is 4.79 Å². The van der Waals surface area contributed by atoms with Crippen LogP contribution in [0.25, 0.3) is 0 Å². The first kappa shape index (κ1) is 19.6. The van der Waals surface area contributed by atoms with Gasteiger partial charge < -0.3 is 19.4 Å². The van der Waals surface area contributed by atoms with Crippen LogP contribution in [0, 0.1) is 12.3 Å². The number of likely N-dealkylation sites (N-methyl/N-ethyl adjacent to an activating group) is 1. The van der Waals surface area contributed by atoms with Crippen LogP contribution in [-0.4, -0.2) is 85.2 Å². The minimum atomic E-state index is 0.0725. The summed E-state index contributed by atoms with van der Waals surface area (Å²) < 4.78 is 5.78. The molecule has 7 heteroatoms. The maximum atomic E-state index is 13.3. The Morgan fingerprint density at radius 1 is 1.18 bits per heavy atom. The highest BCUT2D eigenvalue weighted by atomic mass is 16.5. The zero-order valence-corrected chi connectivity index (χ0v) is 17.5. The maximum Gasteiger partial charge on any atom is 0.257 e. The summed E-state index contributed by atoms with van der Waals surface area (Å²) in [6, 6.07) is 0. The number of amides is 1. The lowest BCUT2D eigenvalue weighted by Gasteiger charge is -2.43. The molecule has 0 radical (unpaired) electrons. The van der Waals surface area contributed by atoms with Gasteiger partial charge >= 0.3 is 0 Å². The van der Waals surface area contributed by atoms with Crippen LogP contribution in [0.1, 0.15) is 48.2 Å². The van der Waals surface area contributed by atoms with Gasteiger partial charge in [0.1, 0.15) is 0 Å². The highest BCUT2D eigenvalue weighted by Gasteiger charge is 2.46. The third-order valence-corrected chi connectivity index (χ3v) is 6.99. The van der Waals surface area contributed by atoms with Crippen molar-refractivity contribution in [1.82, 2.24) is 19.8 Å². The van der Waals surface area contributed by atoms with Crippen molar-refractivity contribution in [1.29, 1.82) is 0 Å². The maximum absolute atomic E-state index is 13.3. The number of piperidine rings is 1. The number of methoxy groups -OCH3 is 1. The van der Waals surface area contributed by atoms with Crippen molar-refractivity contribution >= 4 is 11.9 Å². The van der Waals surface area contributed by atoms with E-state index in [1.165, 1.54) is 6.42 Å². The van der Waals surface area contributed by atoms with E-state index in [1.807, 2.05) is 18.9 Å². The highest BCUT2D eigenvalue weighted by Crippen LogP contribution is 2.46. The van der Waals surface area contributed by atoms with Crippen LogP contribution in [0.4, 0.5) is 5.95 Å². The van der Waals surface area contributed by atoms with E-state index in [2.05, 4.69) is 26.8 Å². The van der Waals surface area contributed by atoms with Crippen molar-refractivity contribution in [2.24, 2.45) is 5.41 Å². The van der Waals surface area contributed by atoms with Crippen molar-refractivity contribution < 1.29 is 9.53 Å². The first-order chi connectivity index (χ1) is 13.5. The van der Waals surface area contributed by atoms with Crippen molar-refractivity contribution in [2.75, 3.05) is 58.3 Å². The monoisotopic (exact) mass is 387 g/mol. The Bertz CT molecular complexity index is 719. The van der Waals surface area contributed by atoms with E-state index in [1.54, 1.807) is 6.20 Å². The standard InChI is InChI=1S/C21H33N5O2/c1-16-17(14-22-20(23-16)25-12-10-24(2)11-13-25)19(27)26-9-5-8-21(15-26)7-4-6-18(21)28-3/h14,18H,4-13,15H2,1-3H3/t18-,21-/m1/s1. The fraction of sp³-hybridized carbons (Fsp3) is 0.762. The topological polar surface area (TPSA) is 61.8 Å². The molecule has 2 saturated heterocycles. The number of hydrogen-bond donors (Lipinski definition) is 0. The molecule has 1 aromatic heterocycles. The predicted molar refractivity (Wildman–Crippen MR) is 109 cm³/mol. The van der Waals surface area contributed by atoms with Gasteiger partial charge in [0, 0.05) is 58.0 Å². The van der Waals surface area contributed by atoms with Gasteiger partial charge in [-0.25, -0.2) is 9.97 Å². The van der Waals surface area contributed by atoms with Gasteiger partial charge in [0.05, 0.1) is 17.4 Å². The second-order valence-corrected chi connectivity index (χ2v) is 8.77. The Labute approximate surface area is 168 Å². The number of piperazine rings is 1. The van der Waals surface area contributed by atoms with Crippen LogP contribution in [0.15, 0.2) is 6.20 Å². The van der Waals surface area contributed by atoms with Crippen LogP contribution >= 0.6 is 0 Å². The minimum Gasteiger partial charge on any atom is -0.381 e. The van der Waals surface area contributed by atoms with Crippen LogP contribution < -0.4 is 4.90 Å². The second kappa shape index (κ2) is 7.95. The summed E-state index contributed by atoms with van der Waals surface area (Å²) in [5.74, 6) is 0.816. The number of hydrogen-bond acceptors (Lipinski definition) is 6. The van der Waals surface area contributed by atoms with Gasteiger partial charge in [-0.15, -0.1) is 0 Å². The first-order valence-electron chi connectivity index (χ1n) is 10.6. The number of aryl methyl sites for hydroxylation is 1. The van der Waals surface area contributed by atoms with Gasteiger partial charge in [0.2, 0.25) is 5.95 Å². The Kier molecular flexibility index (Phi) is 5.56. The normalized spacial score (nSPS) is 28.9. The summed E-state index contributed by atoms with van der Waals surface area (Å²) in [6.07, 6.45) is 7.69.